The van der Waals surface area contributed by atoms with Gasteiger partial charge in [-0.2, -0.15) is 0 Å². The predicted octanol–water partition coefficient (Wildman–Crippen LogP) is 2.32. The normalized spacial score (nSPS) is 16.6. The Hall–Kier alpha value is -3.94. The molecule has 0 saturated carbocycles. The summed E-state index contributed by atoms with van der Waals surface area (Å²) in [5.41, 5.74) is 3.89. The van der Waals surface area contributed by atoms with E-state index in [0.717, 1.165) is 16.7 Å². The minimum Gasteiger partial charge on any atom is -0.481 e. The summed E-state index contributed by atoms with van der Waals surface area (Å²) in [7, 11) is 1.48. The fraction of sp³-hybridized carbons (Fsp3) is 0.250. The van der Waals surface area contributed by atoms with Gasteiger partial charge in [-0.3, -0.25) is 14.4 Å². The molecular formula is C24H25N3O5. The monoisotopic (exact) mass is 435 g/mol. The quantitative estimate of drug-likeness (QED) is 0.578. The third kappa shape index (κ3) is 5.60. The number of rotatable bonds is 7. The average Bonchev–Trinajstić information content (AvgIpc) is 2.75. The van der Waals surface area contributed by atoms with Crippen LogP contribution in [0, 0.1) is 6.92 Å². The largest absolute Gasteiger partial charge is 0.481 e. The summed E-state index contributed by atoms with van der Waals surface area (Å²) < 4.78 is 0. The minimum atomic E-state index is -1.34. The number of carboxylic acid groups (broad SMARTS) is 1. The lowest BCUT2D eigenvalue weighted by Gasteiger charge is -2.25. The van der Waals surface area contributed by atoms with Gasteiger partial charge < -0.3 is 20.6 Å². The predicted molar refractivity (Wildman–Crippen MR) is 118 cm³/mol. The van der Waals surface area contributed by atoms with Gasteiger partial charge in [0.2, 0.25) is 0 Å². The van der Waals surface area contributed by atoms with Crippen molar-refractivity contribution in [3.63, 3.8) is 0 Å². The molecule has 3 rings (SSSR count). The maximum atomic E-state index is 12.5. The van der Waals surface area contributed by atoms with Crippen LogP contribution < -0.4 is 10.6 Å². The van der Waals surface area contributed by atoms with Gasteiger partial charge in [-0.05, 0) is 35.6 Å². The molecule has 0 saturated heterocycles. The third-order valence-corrected chi connectivity index (χ3v) is 5.31. The number of ketones is 1. The van der Waals surface area contributed by atoms with Gasteiger partial charge in [-0.1, -0.05) is 48.5 Å². The number of nitrogens with zero attached hydrogens (tertiary/aromatic N) is 1. The summed E-state index contributed by atoms with van der Waals surface area (Å²) in [6, 6.07) is 12.4. The highest BCUT2D eigenvalue weighted by atomic mass is 16.4. The van der Waals surface area contributed by atoms with Crippen LogP contribution in [-0.4, -0.2) is 46.8 Å². The number of carbonyl (C=O) groups is 4. The number of aliphatic carboxylic acids is 1. The van der Waals surface area contributed by atoms with Crippen molar-refractivity contribution in [3.8, 4) is 0 Å². The first-order chi connectivity index (χ1) is 15.2. The lowest BCUT2D eigenvalue weighted by atomic mass is 9.96. The number of amides is 3. The Labute approximate surface area is 185 Å². The number of hydrogen-bond donors (Lipinski definition) is 3. The number of benzene rings is 2. The van der Waals surface area contributed by atoms with E-state index in [1.807, 2.05) is 49.4 Å². The van der Waals surface area contributed by atoms with Crippen LogP contribution in [0.3, 0.4) is 0 Å². The highest BCUT2D eigenvalue weighted by Crippen LogP contribution is 2.21. The van der Waals surface area contributed by atoms with Gasteiger partial charge in [-0.15, -0.1) is 0 Å². The molecule has 2 unspecified atom stereocenters. The second-order valence-electron chi connectivity index (χ2n) is 7.72. The van der Waals surface area contributed by atoms with Crippen molar-refractivity contribution in [1.29, 1.82) is 0 Å². The number of likely N-dealkylation sites (N-methyl/N-ethyl adjacent to an activating group) is 1. The van der Waals surface area contributed by atoms with Gasteiger partial charge in [0, 0.05) is 19.3 Å². The zero-order valence-corrected chi connectivity index (χ0v) is 17.9. The Balaban J connectivity index is 1.76. The zero-order valence-electron chi connectivity index (χ0n) is 17.9. The van der Waals surface area contributed by atoms with E-state index in [2.05, 4.69) is 10.6 Å². The van der Waals surface area contributed by atoms with Crippen LogP contribution in [0.2, 0.25) is 0 Å². The van der Waals surface area contributed by atoms with E-state index in [4.69, 9.17) is 0 Å². The second kappa shape index (κ2) is 9.91. The Bertz CT molecular complexity index is 1080. The lowest BCUT2D eigenvalue weighted by molar-refractivity contribution is -0.138. The number of nitrogens with one attached hydrogen (secondary N) is 2. The zero-order chi connectivity index (χ0) is 23.3. The van der Waals surface area contributed by atoms with Crippen LogP contribution >= 0.6 is 0 Å². The molecule has 2 atom stereocenters. The van der Waals surface area contributed by atoms with Gasteiger partial charge in [0.15, 0.2) is 11.8 Å². The first-order valence-electron chi connectivity index (χ1n) is 10.2. The molecule has 8 nitrogen and oxygen atoms in total. The third-order valence-electron chi connectivity index (χ3n) is 5.31. The number of urea groups is 1. The Morgan fingerprint density at radius 3 is 2.59 bits per heavy atom. The smallest absolute Gasteiger partial charge is 0.316 e. The standard InChI is InChI=1S/C24H25N3O5/c1-15-6-3-4-8-17(15)12-16-7-5-9-18(13-16)19(14-21(29)30)25-24(32)26-22-20(28)10-11-27(2)23(22)31/h3-11,13,19,22H,12,14H2,1-2H3,(H,29,30)(H2,25,26,32). The molecule has 3 amide bonds. The van der Waals surface area contributed by atoms with Gasteiger partial charge in [0.25, 0.3) is 5.91 Å². The van der Waals surface area contributed by atoms with Crippen molar-refractivity contribution >= 4 is 23.7 Å². The van der Waals surface area contributed by atoms with Crippen molar-refractivity contribution < 1.29 is 24.3 Å². The molecule has 2 aromatic carbocycles. The number of carbonyl (C=O) groups excluding carboxylic acids is 3. The molecule has 8 heteroatoms. The van der Waals surface area contributed by atoms with Crippen LogP contribution in [-0.2, 0) is 20.8 Å². The maximum Gasteiger partial charge on any atom is 0.316 e. The lowest BCUT2D eigenvalue weighted by Crippen LogP contribution is -2.55. The van der Waals surface area contributed by atoms with Gasteiger partial charge in [-0.25, -0.2) is 4.79 Å². The molecule has 2 aromatic rings. The van der Waals surface area contributed by atoms with E-state index in [-0.39, 0.29) is 6.42 Å². The summed E-state index contributed by atoms with van der Waals surface area (Å²) in [5.74, 6) is -2.20. The Morgan fingerprint density at radius 2 is 1.88 bits per heavy atom. The first-order valence-corrected chi connectivity index (χ1v) is 10.2. The fourth-order valence-electron chi connectivity index (χ4n) is 3.52. The molecule has 0 aromatic heterocycles. The van der Waals surface area contributed by atoms with Crippen LogP contribution in [0.1, 0.15) is 34.7 Å². The van der Waals surface area contributed by atoms with Crippen LogP contribution in [0.25, 0.3) is 0 Å². The van der Waals surface area contributed by atoms with Crippen molar-refractivity contribution in [3.05, 3.63) is 83.1 Å². The summed E-state index contributed by atoms with van der Waals surface area (Å²) in [5, 5.41) is 14.3. The molecule has 3 N–H and O–H groups in total. The summed E-state index contributed by atoms with van der Waals surface area (Å²) in [4.78, 5) is 49.3. The van der Waals surface area contributed by atoms with E-state index < -0.39 is 35.8 Å². The first kappa shape index (κ1) is 22.7. The highest BCUT2D eigenvalue weighted by Gasteiger charge is 2.32. The molecule has 1 aliphatic rings. The van der Waals surface area contributed by atoms with Crippen molar-refractivity contribution in [2.24, 2.45) is 0 Å². The Morgan fingerprint density at radius 1 is 1.12 bits per heavy atom. The van der Waals surface area contributed by atoms with Gasteiger partial charge >= 0.3 is 12.0 Å². The summed E-state index contributed by atoms with van der Waals surface area (Å²) in [6.07, 6.45) is 2.84. The topological polar surface area (TPSA) is 116 Å². The molecule has 0 spiro atoms. The summed E-state index contributed by atoms with van der Waals surface area (Å²) >= 11 is 0. The van der Waals surface area contributed by atoms with E-state index >= 15 is 0 Å². The molecule has 0 fully saturated rings. The van der Waals surface area contributed by atoms with Crippen molar-refractivity contribution in [2.45, 2.75) is 31.8 Å². The molecule has 1 heterocycles. The van der Waals surface area contributed by atoms with E-state index in [0.29, 0.717) is 12.0 Å². The highest BCUT2D eigenvalue weighted by molar-refractivity contribution is 6.14. The molecule has 0 radical (unpaired) electrons. The fourth-order valence-corrected chi connectivity index (χ4v) is 3.52. The molecule has 0 aliphatic carbocycles. The van der Waals surface area contributed by atoms with E-state index in [1.54, 1.807) is 6.07 Å². The van der Waals surface area contributed by atoms with E-state index in [9.17, 15) is 24.3 Å². The molecule has 166 valence electrons. The summed E-state index contributed by atoms with van der Waals surface area (Å²) in [6.45, 7) is 2.03. The maximum absolute atomic E-state index is 12.5. The van der Waals surface area contributed by atoms with Crippen LogP contribution in [0.4, 0.5) is 4.79 Å². The second-order valence-corrected chi connectivity index (χ2v) is 7.72. The van der Waals surface area contributed by atoms with Crippen LogP contribution in [0.15, 0.2) is 60.8 Å². The molecular weight excluding hydrogens is 410 g/mol. The number of aryl methyl sites for hydroxylation is 1. The minimum absolute atomic E-state index is 0.354. The van der Waals surface area contributed by atoms with Crippen LogP contribution in [0.5, 0.6) is 0 Å². The molecule has 1 aliphatic heterocycles. The van der Waals surface area contributed by atoms with Gasteiger partial charge in [0.1, 0.15) is 0 Å². The average molecular weight is 435 g/mol. The number of carboxylic acids is 1. The van der Waals surface area contributed by atoms with E-state index in [1.165, 1.54) is 24.2 Å². The van der Waals surface area contributed by atoms with Crippen molar-refractivity contribution in [1.82, 2.24) is 15.5 Å². The Kier molecular flexibility index (Phi) is 7.04. The SMILES string of the molecule is Cc1ccccc1Cc1cccc(C(CC(=O)O)NC(=O)NC2C(=O)C=CN(C)C2=O)c1. The number of hydrogen-bond acceptors (Lipinski definition) is 4. The van der Waals surface area contributed by atoms with Crippen molar-refractivity contribution in [2.75, 3.05) is 7.05 Å². The molecule has 0 bridgehead atoms. The molecule has 32 heavy (non-hydrogen) atoms. The van der Waals surface area contributed by atoms with Gasteiger partial charge in [0.05, 0.1) is 12.5 Å².